The number of halogens is 2. The Kier molecular flexibility index (Phi) is 9.25. The molecule has 180 valence electrons. The van der Waals surface area contributed by atoms with Gasteiger partial charge in [-0.1, -0.05) is 35.9 Å². The quantitative estimate of drug-likeness (QED) is 0.544. The Labute approximate surface area is 199 Å². The summed E-state index contributed by atoms with van der Waals surface area (Å²) in [4.78, 5) is 26.5. The van der Waals surface area contributed by atoms with Gasteiger partial charge in [0.15, 0.2) is 0 Å². The zero-order valence-electron chi connectivity index (χ0n) is 19.1. The van der Waals surface area contributed by atoms with Crippen LogP contribution in [-0.4, -0.2) is 51.0 Å². The molecule has 2 amide bonds. The second kappa shape index (κ2) is 11.5. The fourth-order valence-electron chi connectivity index (χ4n) is 3.44. The fourth-order valence-corrected chi connectivity index (χ4v) is 4.62. The van der Waals surface area contributed by atoms with Crippen molar-refractivity contribution in [3.8, 4) is 0 Å². The summed E-state index contributed by atoms with van der Waals surface area (Å²) in [6.07, 6.45) is 1.26. The van der Waals surface area contributed by atoms with Gasteiger partial charge in [-0.05, 0) is 44.0 Å². The highest BCUT2D eigenvalue weighted by Crippen LogP contribution is 2.27. The van der Waals surface area contributed by atoms with Crippen molar-refractivity contribution in [2.75, 3.05) is 24.2 Å². The highest BCUT2D eigenvalue weighted by atomic mass is 35.5. The largest absolute Gasteiger partial charge is 0.357 e. The van der Waals surface area contributed by atoms with Gasteiger partial charge in [-0.15, -0.1) is 0 Å². The first-order chi connectivity index (χ1) is 15.5. The molecule has 0 heterocycles. The Hall–Kier alpha value is -2.65. The smallest absolute Gasteiger partial charge is 0.242 e. The number of carbonyl (C=O) groups excluding carboxylic acids is 2. The molecule has 0 aliphatic heterocycles. The predicted molar refractivity (Wildman–Crippen MR) is 128 cm³/mol. The average molecular weight is 498 g/mol. The molecule has 0 aliphatic rings. The molecule has 2 aromatic carbocycles. The summed E-state index contributed by atoms with van der Waals surface area (Å²) in [5.74, 6) is -1.24. The van der Waals surface area contributed by atoms with Crippen LogP contribution in [0.3, 0.4) is 0 Å². The first-order valence-electron chi connectivity index (χ1n) is 10.4. The first kappa shape index (κ1) is 26.6. The molecule has 0 saturated carbocycles. The molecule has 1 N–H and O–H groups in total. The van der Waals surface area contributed by atoms with Gasteiger partial charge in [-0.25, -0.2) is 12.8 Å². The zero-order valence-corrected chi connectivity index (χ0v) is 20.7. The van der Waals surface area contributed by atoms with E-state index < -0.39 is 21.9 Å². The van der Waals surface area contributed by atoms with Gasteiger partial charge in [-0.3, -0.25) is 13.9 Å². The third kappa shape index (κ3) is 7.17. The Morgan fingerprint density at radius 3 is 2.45 bits per heavy atom. The van der Waals surface area contributed by atoms with Crippen LogP contribution in [0.25, 0.3) is 0 Å². The maximum Gasteiger partial charge on any atom is 0.242 e. The Balaban J connectivity index is 2.19. The number of anilines is 1. The zero-order chi connectivity index (χ0) is 24.8. The second-order valence-electron chi connectivity index (χ2n) is 7.77. The van der Waals surface area contributed by atoms with E-state index in [1.807, 2.05) is 0 Å². The minimum absolute atomic E-state index is 0.0264. The van der Waals surface area contributed by atoms with Gasteiger partial charge < -0.3 is 10.2 Å². The Morgan fingerprint density at radius 1 is 1.18 bits per heavy atom. The topological polar surface area (TPSA) is 86.8 Å². The lowest BCUT2D eigenvalue weighted by molar-refractivity contribution is -0.140. The highest BCUT2D eigenvalue weighted by Gasteiger charge is 2.27. The molecular formula is C23H29ClFN3O4S. The third-order valence-corrected chi connectivity index (χ3v) is 6.72. The van der Waals surface area contributed by atoms with E-state index in [2.05, 4.69) is 5.32 Å². The third-order valence-electron chi connectivity index (χ3n) is 5.30. The van der Waals surface area contributed by atoms with Crippen LogP contribution in [-0.2, 0) is 26.2 Å². The molecular weight excluding hydrogens is 469 g/mol. The second-order valence-corrected chi connectivity index (χ2v) is 10.1. The summed E-state index contributed by atoms with van der Waals surface area (Å²) in [6.45, 7) is 3.31. The normalized spacial score (nSPS) is 12.2. The van der Waals surface area contributed by atoms with Crippen molar-refractivity contribution in [2.24, 2.45) is 0 Å². The number of benzene rings is 2. The lowest BCUT2D eigenvalue weighted by atomic mass is 10.1. The number of rotatable bonds is 10. The summed E-state index contributed by atoms with van der Waals surface area (Å²) in [6, 6.07) is 10.2. The summed E-state index contributed by atoms with van der Waals surface area (Å²) < 4.78 is 40.2. The van der Waals surface area contributed by atoms with E-state index in [0.717, 1.165) is 11.8 Å². The lowest BCUT2D eigenvalue weighted by Gasteiger charge is -2.29. The van der Waals surface area contributed by atoms with Crippen LogP contribution in [0.1, 0.15) is 30.9 Å². The summed E-state index contributed by atoms with van der Waals surface area (Å²) in [5.41, 5.74) is 1.46. The summed E-state index contributed by atoms with van der Waals surface area (Å²) in [7, 11) is -2.17. The number of carbonyl (C=O) groups is 2. The number of aryl methyl sites for hydroxylation is 1. The molecule has 2 rings (SSSR count). The van der Waals surface area contributed by atoms with E-state index in [1.165, 1.54) is 22.3 Å². The number of sulfonamides is 1. The van der Waals surface area contributed by atoms with Gasteiger partial charge >= 0.3 is 0 Å². The monoisotopic (exact) mass is 497 g/mol. The minimum Gasteiger partial charge on any atom is -0.357 e. The maximum atomic E-state index is 14.2. The molecule has 0 spiro atoms. The van der Waals surface area contributed by atoms with Crippen molar-refractivity contribution >= 4 is 39.1 Å². The maximum absolute atomic E-state index is 14.2. The van der Waals surface area contributed by atoms with Gasteiger partial charge in [0.1, 0.15) is 11.9 Å². The van der Waals surface area contributed by atoms with Crippen LogP contribution in [0.15, 0.2) is 42.5 Å². The first-order valence-corrected chi connectivity index (χ1v) is 12.7. The van der Waals surface area contributed by atoms with E-state index in [0.29, 0.717) is 10.7 Å². The molecule has 7 nitrogen and oxygen atoms in total. The number of likely N-dealkylation sites (N-methyl/N-ethyl adjacent to an activating group) is 1. The fraction of sp³-hybridized carbons (Fsp3) is 0.391. The van der Waals surface area contributed by atoms with Gasteiger partial charge in [0, 0.05) is 37.1 Å². The molecule has 10 heteroatoms. The molecule has 1 atom stereocenters. The molecule has 0 aliphatic carbocycles. The summed E-state index contributed by atoms with van der Waals surface area (Å²) in [5, 5.41) is 2.90. The minimum atomic E-state index is -3.63. The number of hydrogen-bond donors (Lipinski definition) is 1. The Bertz CT molecular complexity index is 1110. The SMILES string of the molecule is CNC(=O)[C@H](C)N(Cc1ccccc1F)C(=O)CCCN(c1cc(Cl)ccc1C)S(C)(=O)=O. The van der Waals surface area contributed by atoms with E-state index in [1.54, 1.807) is 50.2 Å². The van der Waals surface area contributed by atoms with Crippen LogP contribution in [0.4, 0.5) is 10.1 Å². The van der Waals surface area contributed by atoms with Crippen LogP contribution in [0.5, 0.6) is 0 Å². The number of nitrogens with one attached hydrogen (secondary N) is 1. The van der Waals surface area contributed by atoms with Crippen molar-refractivity contribution in [3.63, 3.8) is 0 Å². The number of amides is 2. The van der Waals surface area contributed by atoms with E-state index in [-0.39, 0.29) is 43.3 Å². The lowest BCUT2D eigenvalue weighted by Crippen LogP contribution is -2.47. The molecule has 0 bridgehead atoms. The van der Waals surface area contributed by atoms with Gasteiger partial charge in [0.25, 0.3) is 0 Å². The average Bonchev–Trinajstić information content (AvgIpc) is 2.76. The van der Waals surface area contributed by atoms with Gasteiger partial charge in [0.2, 0.25) is 21.8 Å². The van der Waals surface area contributed by atoms with Crippen LogP contribution < -0.4 is 9.62 Å². The number of hydrogen-bond acceptors (Lipinski definition) is 4. The molecule has 33 heavy (non-hydrogen) atoms. The van der Waals surface area contributed by atoms with E-state index >= 15 is 0 Å². The van der Waals surface area contributed by atoms with Crippen LogP contribution in [0, 0.1) is 12.7 Å². The van der Waals surface area contributed by atoms with Crippen LogP contribution >= 0.6 is 11.6 Å². The molecule has 0 aromatic heterocycles. The molecule has 0 unspecified atom stereocenters. The predicted octanol–water partition coefficient (Wildman–Crippen LogP) is 3.50. The molecule has 2 aromatic rings. The van der Waals surface area contributed by atoms with Gasteiger partial charge in [0.05, 0.1) is 11.9 Å². The van der Waals surface area contributed by atoms with E-state index in [4.69, 9.17) is 11.6 Å². The van der Waals surface area contributed by atoms with Crippen molar-refractivity contribution in [2.45, 2.75) is 39.3 Å². The Morgan fingerprint density at radius 2 is 1.85 bits per heavy atom. The highest BCUT2D eigenvalue weighted by molar-refractivity contribution is 7.92. The summed E-state index contributed by atoms with van der Waals surface area (Å²) >= 11 is 6.05. The van der Waals surface area contributed by atoms with Crippen molar-refractivity contribution in [3.05, 3.63) is 64.4 Å². The molecule has 0 radical (unpaired) electrons. The van der Waals surface area contributed by atoms with Crippen LogP contribution in [0.2, 0.25) is 5.02 Å². The van der Waals surface area contributed by atoms with Crippen molar-refractivity contribution < 1.29 is 22.4 Å². The van der Waals surface area contributed by atoms with Crippen molar-refractivity contribution in [1.29, 1.82) is 0 Å². The molecule has 0 saturated heterocycles. The van der Waals surface area contributed by atoms with Gasteiger partial charge in [-0.2, -0.15) is 0 Å². The molecule has 0 fully saturated rings. The number of nitrogens with zero attached hydrogens (tertiary/aromatic N) is 2. The van der Waals surface area contributed by atoms with E-state index in [9.17, 15) is 22.4 Å². The standard InChI is InChI=1S/C23H29ClFN3O4S/c1-16-11-12-19(24)14-21(16)28(33(4,31)32)13-7-10-22(29)27(17(2)23(30)26-3)15-18-8-5-6-9-20(18)25/h5-6,8-9,11-12,14,17H,7,10,13,15H2,1-4H3,(H,26,30)/t17-/m0/s1. The van der Waals surface area contributed by atoms with Crippen molar-refractivity contribution in [1.82, 2.24) is 10.2 Å².